The van der Waals surface area contributed by atoms with Gasteiger partial charge in [0, 0.05) is 24.9 Å². The standard InChI is InChI=1S/C27H38N4O5/c1-19-8-6-14-27(17-19,26(34)28-21-9-4-3-5-10-21)31(18-22-11-7-15-35-22)25(33)13-12-24(32)29-23-16-20(2)36-30-23/h7,11,15-16,19,21H,3-6,8-10,12-14,17-18H2,1-2H3,(H,28,34)(H,29,30,32)/t19-,27+/m0/s1. The lowest BCUT2D eigenvalue weighted by atomic mass is 9.74. The number of nitrogens with zero attached hydrogens (tertiary/aromatic N) is 2. The van der Waals surface area contributed by atoms with Crippen LogP contribution in [0, 0.1) is 12.8 Å². The van der Waals surface area contributed by atoms with Crippen LogP contribution in [0.5, 0.6) is 0 Å². The van der Waals surface area contributed by atoms with Crippen molar-refractivity contribution in [3.63, 3.8) is 0 Å². The Morgan fingerprint density at radius 1 is 1.14 bits per heavy atom. The fourth-order valence-electron chi connectivity index (χ4n) is 5.69. The van der Waals surface area contributed by atoms with Crippen molar-refractivity contribution in [2.45, 2.75) is 103 Å². The number of aromatic nitrogens is 1. The van der Waals surface area contributed by atoms with Crippen LogP contribution in [0.2, 0.25) is 0 Å². The van der Waals surface area contributed by atoms with Crippen LogP contribution < -0.4 is 10.6 Å². The fraction of sp³-hybridized carbons (Fsp3) is 0.630. The average Bonchev–Trinajstić information content (AvgIpc) is 3.53. The maximum absolute atomic E-state index is 14.0. The van der Waals surface area contributed by atoms with Crippen molar-refractivity contribution in [2.75, 3.05) is 5.32 Å². The van der Waals surface area contributed by atoms with E-state index >= 15 is 0 Å². The van der Waals surface area contributed by atoms with Crippen LogP contribution >= 0.6 is 0 Å². The lowest BCUT2D eigenvalue weighted by Crippen LogP contribution is -2.63. The van der Waals surface area contributed by atoms with E-state index in [4.69, 9.17) is 8.94 Å². The lowest BCUT2D eigenvalue weighted by molar-refractivity contribution is -0.153. The highest BCUT2D eigenvalue weighted by Gasteiger charge is 2.49. The molecule has 2 saturated carbocycles. The normalized spacial score (nSPS) is 22.7. The Morgan fingerprint density at radius 2 is 1.94 bits per heavy atom. The van der Waals surface area contributed by atoms with Crippen LogP contribution in [-0.4, -0.2) is 39.4 Å². The highest BCUT2D eigenvalue weighted by molar-refractivity contribution is 5.95. The summed E-state index contributed by atoms with van der Waals surface area (Å²) in [5, 5.41) is 9.74. The molecule has 2 aliphatic carbocycles. The molecular weight excluding hydrogens is 460 g/mol. The Hall–Kier alpha value is -3.10. The third-order valence-electron chi connectivity index (χ3n) is 7.51. The van der Waals surface area contributed by atoms with Gasteiger partial charge in [-0.25, -0.2) is 0 Å². The van der Waals surface area contributed by atoms with Crippen LogP contribution in [0.15, 0.2) is 33.4 Å². The minimum absolute atomic E-state index is 0.0176. The predicted molar refractivity (Wildman–Crippen MR) is 134 cm³/mol. The van der Waals surface area contributed by atoms with Crippen LogP contribution in [0.3, 0.4) is 0 Å². The van der Waals surface area contributed by atoms with Gasteiger partial charge in [0.05, 0.1) is 12.8 Å². The van der Waals surface area contributed by atoms with Gasteiger partial charge in [-0.05, 0) is 50.7 Å². The molecule has 0 aliphatic heterocycles. The van der Waals surface area contributed by atoms with E-state index < -0.39 is 5.54 Å². The van der Waals surface area contributed by atoms with Crippen molar-refractivity contribution < 1.29 is 23.3 Å². The summed E-state index contributed by atoms with van der Waals surface area (Å²) in [5.74, 6) is 1.21. The molecule has 0 unspecified atom stereocenters. The van der Waals surface area contributed by atoms with Crippen molar-refractivity contribution in [3.8, 4) is 0 Å². The fourth-order valence-corrected chi connectivity index (χ4v) is 5.69. The van der Waals surface area contributed by atoms with E-state index in [1.807, 2.05) is 6.07 Å². The number of amides is 3. The van der Waals surface area contributed by atoms with Crippen LogP contribution in [0.25, 0.3) is 0 Å². The molecule has 2 N–H and O–H groups in total. The Morgan fingerprint density at radius 3 is 2.61 bits per heavy atom. The van der Waals surface area contributed by atoms with E-state index in [0.717, 1.165) is 38.5 Å². The Bertz CT molecular complexity index is 1030. The molecular formula is C27H38N4O5. The summed E-state index contributed by atoms with van der Waals surface area (Å²) >= 11 is 0. The number of carbonyl (C=O) groups excluding carboxylic acids is 3. The molecule has 2 aromatic heterocycles. The summed E-state index contributed by atoms with van der Waals surface area (Å²) in [5.41, 5.74) is -0.960. The van der Waals surface area contributed by atoms with E-state index in [1.54, 1.807) is 30.2 Å². The van der Waals surface area contributed by atoms with Gasteiger partial charge in [0.15, 0.2) is 5.82 Å². The van der Waals surface area contributed by atoms with Crippen LogP contribution in [0.1, 0.15) is 89.1 Å². The van der Waals surface area contributed by atoms with E-state index in [2.05, 4.69) is 22.7 Å². The minimum atomic E-state index is -0.960. The first-order valence-electron chi connectivity index (χ1n) is 13.2. The number of aryl methyl sites for hydroxylation is 1. The summed E-state index contributed by atoms with van der Waals surface area (Å²) in [4.78, 5) is 41.9. The molecule has 0 spiro atoms. The molecule has 2 aliphatic rings. The van der Waals surface area contributed by atoms with Gasteiger partial charge >= 0.3 is 0 Å². The molecule has 4 rings (SSSR count). The summed E-state index contributed by atoms with van der Waals surface area (Å²) in [6, 6.07) is 5.37. The molecule has 0 aromatic carbocycles. The molecule has 9 nitrogen and oxygen atoms in total. The first kappa shape index (κ1) is 26.0. The van der Waals surface area contributed by atoms with Crippen LogP contribution in [0.4, 0.5) is 5.82 Å². The molecule has 3 amide bonds. The van der Waals surface area contributed by atoms with E-state index in [1.165, 1.54) is 6.42 Å². The van der Waals surface area contributed by atoms with Gasteiger partial charge < -0.3 is 24.5 Å². The zero-order valence-corrected chi connectivity index (χ0v) is 21.4. The number of hydrogen-bond acceptors (Lipinski definition) is 6. The maximum atomic E-state index is 14.0. The van der Waals surface area contributed by atoms with Gasteiger partial charge in [0.25, 0.3) is 0 Å². The number of hydrogen-bond donors (Lipinski definition) is 2. The number of carbonyl (C=O) groups is 3. The van der Waals surface area contributed by atoms with Crippen molar-refractivity contribution in [1.82, 2.24) is 15.4 Å². The van der Waals surface area contributed by atoms with Gasteiger partial charge in [-0.15, -0.1) is 0 Å². The zero-order valence-electron chi connectivity index (χ0n) is 21.4. The molecule has 9 heteroatoms. The topological polar surface area (TPSA) is 118 Å². The molecule has 2 fully saturated rings. The maximum Gasteiger partial charge on any atom is 0.246 e. The molecule has 0 radical (unpaired) electrons. The van der Waals surface area contributed by atoms with Crippen molar-refractivity contribution in [1.29, 1.82) is 0 Å². The number of nitrogens with one attached hydrogen (secondary N) is 2. The average molecular weight is 499 g/mol. The Labute approximate surface area is 212 Å². The van der Waals surface area contributed by atoms with Gasteiger partial charge in [0.1, 0.15) is 17.1 Å². The van der Waals surface area contributed by atoms with Crippen molar-refractivity contribution in [3.05, 3.63) is 36.0 Å². The molecule has 196 valence electrons. The zero-order chi connectivity index (χ0) is 25.5. The minimum Gasteiger partial charge on any atom is -0.467 e. The van der Waals surface area contributed by atoms with Crippen LogP contribution in [-0.2, 0) is 20.9 Å². The molecule has 36 heavy (non-hydrogen) atoms. The lowest BCUT2D eigenvalue weighted by Gasteiger charge is -2.47. The van der Waals surface area contributed by atoms with E-state index in [0.29, 0.717) is 36.1 Å². The number of rotatable bonds is 9. The smallest absolute Gasteiger partial charge is 0.246 e. The van der Waals surface area contributed by atoms with Crippen molar-refractivity contribution >= 4 is 23.5 Å². The quantitative estimate of drug-likeness (QED) is 0.516. The summed E-state index contributed by atoms with van der Waals surface area (Å²) < 4.78 is 10.6. The second-order valence-electron chi connectivity index (χ2n) is 10.5. The summed E-state index contributed by atoms with van der Waals surface area (Å²) in [6.45, 7) is 4.08. The largest absolute Gasteiger partial charge is 0.467 e. The molecule has 2 heterocycles. The van der Waals surface area contributed by atoms with Gasteiger partial charge in [-0.3, -0.25) is 14.4 Å². The van der Waals surface area contributed by atoms with Gasteiger partial charge in [-0.2, -0.15) is 0 Å². The molecule has 0 bridgehead atoms. The first-order valence-corrected chi connectivity index (χ1v) is 13.2. The second-order valence-corrected chi connectivity index (χ2v) is 10.5. The second kappa shape index (κ2) is 11.8. The molecule has 2 atom stereocenters. The van der Waals surface area contributed by atoms with E-state index in [9.17, 15) is 14.4 Å². The molecule has 0 saturated heterocycles. The highest BCUT2D eigenvalue weighted by atomic mass is 16.5. The number of anilines is 1. The Kier molecular flexibility index (Phi) is 8.48. The van der Waals surface area contributed by atoms with Gasteiger partial charge in [-0.1, -0.05) is 44.2 Å². The predicted octanol–water partition coefficient (Wildman–Crippen LogP) is 4.72. The SMILES string of the molecule is Cc1cc(NC(=O)CCC(=O)N(Cc2ccco2)[C@]2(C(=O)NC3CCCCC3)CCC[C@H](C)C2)no1. The first-order chi connectivity index (χ1) is 17.4. The summed E-state index contributed by atoms with van der Waals surface area (Å²) in [6.07, 6.45) is 10.0. The molecule has 2 aromatic rings. The number of furan rings is 1. The van der Waals surface area contributed by atoms with E-state index in [-0.39, 0.29) is 43.1 Å². The van der Waals surface area contributed by atoms with Crippen molar-refractivity contribution in [2.24, 2.45) is 5.92 Å². The van der Waals surface area contributed by atoms with Gasteiger partial charge in [0.2, 0.25) is 17.7 Å². The summed E-state index contributed by atoms with van der Waals surface area (Å²) in [7, 11) is 0. The third kappa shape index (κ3) is 6.36. The highest BCUT2D eigenvalue weighted by Crippen LogP contribution is 2.39. The Balaban J connectivity index is 1.53. The monoisotopic (exact) mass is 498 g/mol. The third-order valence-corrected chi connectivity index (χ3v) is 7.51.